The molecule has 3 rings (SSSR count). The van der Waals surface area contributed by atoms with E-state index in [0.29, 0.717) is 17.1 Å². The molecule has 3 aromatic rings. The summed E-state index contributed by atoms with van der Waals surface area (Å²) in [5, 5.41) is 0. The number of benzene rings is 2. The van der Waals surface area contributed by atoms with Gasteiger partial charge in [-0.05, 0) is 62.2 Å². The predicted octanol–water partition coefficient (Wildman–Crippen LogP) is 3.64. The summed E-state index contributed by atoms with van der Waals surface area (Å²) in [6.45, 7) is 6.76. The average Bonchev–Trinajstić information content (AvgIpc) is 3.03. The third kappa shape index (κ3) is 4.59. The topological polar surface area (TPSA) is 77.7 Å². The Labute approximate surface area is 174 Å². The van der Waals surface area contributed by atoms with E-state index in [4.69, 9.17) is 4.74 Å². The van der Waals surface area contributed by atoms with E-state index in [1.165, 1.54) is 30.6 Å². The van der Waals surface area contributed by atoms with Crippen LogP contribution in [0.5, 0.6) is 5.75 Å². The molecule has 0 N–H and O–H groups in total. The molecule has 6 nitrogen and oxygen atoms in total. The first-order valence-electron chi connectivity index (χ1n) is 9.30. The van der Waals surface area contributed by atoms with Crippen molar-refractivity contribution in [3.8, 4) is 5.75 Å². The lowest BCUT2D eigenvalue weighted by atomic mass is 10.1. The van der Waals surface area contributed by atoms with Crippen LogP contribution in [0.1, 0.15) is 24.5 Å². The second-order valence-electron chi connectivity index (χ2n) is 6.81. The molecule has 0 spiro atoms. The Morgan fingerprint density at radius 3 is 2.48 bits per heavy atom. The van der Waals surface area contributed by atoms with Crippen molar-refractivity contribution in [1.29, 1.82) is 0 Å². The summed E-state index contributed by atoms with van der Waals surface area (Å²) >= 11 is 1.46. The van der Waals surface area contributed by atoms with Crippen LogP contribution in [0.15, 0.2) is 46.3 Å². The second-order valence-corrected chi connectivity index (χ2v) is 9.90. The molecule has 0 atom stereocenters. The van der Waals surface area contributed by atoms with E-state index in [-0.39, 0.29) is 17.1 Å². The van der Waals surface area contributed by atoms with Crippen molar-refractivity contribution in [3.63, 3.8) is 0 Å². The van der Waals surface area contributed by atoms with Crippen LogP contribution >= 0.6 is 11.3 Å². The zero-order valence-corrected chi connectivity index (χ0v) is 18.6. The predicted molar refractivity (Wildman–Crippen MR) is 115 cm³/mol. The highest BCUT2D eigenvalue weighted by atomic mass is 32.2. The van der Waals surface area contributed by atoms with Crippen molar-refractivity contribution in [2.45, 2.75) is 38.6 Å². The minimum absolute atomic E-state index is 0.162. The number of aryl methyl sites for hydroxylation is 3. The van der Waals surface area contributed by atoms with Crippen LogP contribution in [0.25, 0.3) is 10.2 Å². The van der Waals surface area contributed by atoms with Gasteiger partial charge in [0.25, 0.3) is 0 Å². The first-order valence-corrected chi connectivity index (χ1v) is 11.8. The van der Waals surface area contributed by atoms with Crippen LogP contribution < -0.4 is 9.54 Å². The molecule has 0 radical (unpaired) electrons. The quantitative estimate of drug-likeness (QED) is 0.596. The minimum atomic E-state index is -3.57. The van der Waals surface area contributed by atoms with E-state index in [1.54, 1.807) is 12.1 Å². The zero-order valence-electron chi connectivity index (χ0n) is 16.9. The average molecular weight is 433 g/mol. The van der Waals surface area contributed by atoms with Crippen LogP contribution in [0.3, 0.4) is 0 Å². The molecule has 8 heteroatoms. The lowest BCUT2D eigenvalue weighted by Crippen LogP contribution is -2.17. The third-order valence-electron chi connectivity index (χ3n) is 4.65. The van der Waals surface area contributed by atoms with Crippen molar-refractivity contribution in [2.75, 3.05) is 12.9 Å². The van der Waals surface area contributed by atoms with Crippen molar-refractivity contribution in [2.24, 2.45) is 4.99 Å². The number of aromatic nitrogens is 1. The Kier molecular flexibility index (Phi) is 6.24. The second kappa shape index (κ2) is 8.51. The lowest BCUT2D eigenvalue weighted by molar-refractivity contribution is -0.117. The Bertz CT molecular complexity index is 1220. The molecule has 0 aliphatic carbocycles. The largest absolute Gasteiger partial charge is 0.497 e. The van der Waals surface area contributed by atoms with Crippen molar-refractivity contribution in [1.82, 2.24) is 4.57 Å². The standard InChI is InChI=1S/C21H24N2O4S2/c1-5-23-18-13-14(2)12-15(3)20(18)28-21(23)22-19(24)10-11-29(25,26)17-8-6-16(27-4)7-9-17/h6-9,12-13H,5,10-11H2,1-4H3. The molecule has 0 saturated heterocycles. The maximum atomic E-state index is 12.5. The van der Waals surface area contributed by atoms with Crippen LogP contribution in [0.2, 0.25) is 0 Å². The highest BCUT2D eigenvalue weighted by Gasteiger charge is 2.17. The first kappa shape index (κ1) is 21.3. The molecule has 1 heterocycles. The number of carbonyl (C=O) groups is 1. The Morgan fingerprint density at radius 1 is 1.17 bits per heavy atom. The number of hydrogen-bond donors (Lipinski definition) is 0. The summed E-state index contributed by atoms with van der Waals surface area (Å²) in [5.41, 5.74) is 3.34. The number of thiazole rings is 1. The summed E-state index contributed by atoms with van der Waals surface area (Å²) in [7, 11) is -2.05. The highest BCUT2D eigenvalue weighted by molar-refractivity contribution is 7.91. The number of sulfone groups is 1. The van der Waals surface area contributed by atoms with E-state index >= 15 is 0 Å². The molecule has 1 amide bonds. The van der Waals surface area contributed by atoms with Crippen molar-refractivity contribution < 1.29 is 17.9 Å². The first-order chi connectivity index (χ1) is 13.7. The van der Waals surface area contributed by atoms with Gasteiger partial charge in [-0.15, -0.1) is 0 Å². The summed E-state index contributed by atoms with van der Waals surface area (Å²) in [4.78, 5) is 17.4. The summed E-state index contributed by atoms with van der Waals surface area (Å²) in [6, 6.07) is 10.3. The number of hydrogen-bond acceptors (Lipinski definition) is 5. The fourth-order valence-corrected chi connectivity index (χ4v) is 5.58. The molecular formula is C21H24N2O4S2. The van der Waals surface area contributed by atoms with Gasteiger partial charge in [-0.3, -0.25) is 4.79 Å². The summed E-state index contributed by atoms with van der Waals surface area (Å²) in [6.07, 6.45) is -0.162. The van der Waals surface area contributed by atoms with Gasteiger partial charge < -0.3 is 9.30 Å². The van der Waals surface area contributed by atoms with E-state index < -0.39 is 15.7 Å². The Balaban J connectivity index is 1.84. The van der Waals surface area contributed by atoms with E-state index in [9.17, 15) is 13.2 Å². The van der Waals surface area contributed by atoms with Crippen molar-refractivity contribution >= 4 is 37.3 Å². The molecule has 0 fully saturated rings. The van der Waals surface area contributed by atoms with Gasteiger partial charge in [0.2, 0.25) is 5.91 Å². The SMILES string of the molecule is CCn1c(=NC(=O)CCS(=O)(=O)c2ccc(OC)cc2)sc2c(C)cc(C)cc21. The molecule has 0 aliphatic heterocycles. The van der Waals surface area contributed by atoms with Crippen LogP contribution in [0.4, 0.5) is 0 Å². The third-order valence-corrected chi connectivity index (χ3v) is 7.62. The Morgan fingerprint density at radius 2 is 1.86 bits per heavy atom. The summed E-state index contributed by atoms with van der Waals surface area (Å²) < 4.78 is 33.1. The molecule has 154 valence electrons. The van der Waals surface area contributed by atoms with Crippen LogP contribution in [-0.4, -0.2) is 31.8 Å². The number of fused-ring (bicyclic) bond motifs is 1. The van der Waals surface area contributed by atoms with E-state index in [0.717, 1.165) is 21.3 Å². The molecule has 0 aliphatic rings. The van der Waals surface area contributed by atoms with Crippen LogP contribution in [0, 0.1) is 13.8 Å². The number of ether oxygens (including phenoxy) is 1. The van der Waals surface area contributed by atoms with Gasteiger partial charge in [0.1, 0.15) is 5.75 Å². The fourth-order valence-electron chi connectivity index (χ4n) is 3.19. The van der Waals surface area contributed by atoms with Gasteiger partial charge >= 0.3 is 0 Å². The minimum Gasteiger partial charge on any atom is -0.497 e. The molecule has 1 aromatic heterocycles. The fraction of sp³-hybridized carbons (Fsp3) is 0.333. The van der Waals surface area contributed by atoms with Gasteiger partial charge in [0.05, 0.1) is 28.0 Å². The molecule has 29 heavy (non-hydrogen) atoms. The van der Waals surface area contributed by atoms with Crippen molar-refractivity contribution in [3.05, 3.63) is 52.3 Å². The van der Waals surface area contributed by atoms with Gasteiger partial charge in [-0.25, -0.2) is 8.42 Å². The molecular weight excluding hydrogens is 408 g/mol. The smallest absolute Gasteiger partial charge is 0.249 e. The molecule has 2 aromatic carbocycles. The van der Waals surface area contributed by atoms with Gasteiger partial charge in [-0.2, -0.15) is 4.99 Å². The number of rotatable bonds is 6. The monoisotopic (exact) mass is 432 g/mol. The van der Waals surface area contributed by atoms with Gasteiger partial charge in [0.15, 0.2) is 14.6 Å². The normalized spacial score (nSPS) is 12.5. The van der Waals surface area contributed by atoms with Gasteiger partial charge in [-0.1, -0.05) is 17.4 Å². The molecule has 0 bridgehead atoms. The lowest BCUT2D eigenvalue weighted by Gasteiger charge is -2.05. The number of amides is 1. The van der Waals surface area contributed by atoms with Gasteiger partial charge in [0, 0.05) is 13.0 Å². The Hall–Kier alpha value is -2.45. The maximum absolute atomic E-state index is 12.5. The van der Waals surface area contributed by atoms with E-state index in [1.807, 2.05) is 25.3 Å². The van der Waals surface area contributed by atoms with E-state index in [2.05, 4.69) is 17.1 Å². The van der Waals surface area contributed by atoms with Crippen LogP contribution in [-0.2, 0) is 21.2 Å². The molecule has 0 unspecified atom stereocenters. The summed E-state index contributed by atoms with van der Waals surface area (Å²) in [5.74, 6) is -0.142. The molecule has 0 saturated carbocycles. The maximum Gasteiger partial charge on any atom is 0.249 e. The number of nitrogens with zero attached hydrogens (tertiary/aromatic N) is 2. The highest BCUT2D eigenvalue weighted by Crippen LogP contribution is 2.23. The number of carbonyl (C=O) groups excluding carboxylic acids is 1. The zero-order chi connectivity index (χ0) is 21.2. The number of methoxy groups -OCH3 is 1.